The summed E-state index contributed by atoms with van der Waals surface area (Å²) in [4.78, 5) is 24.5. The Morgan fingerprint density at radius 2 is 1.97 bits per heavy atom. The number of hydrogen-bond acceptors (Lipinski definition) is 5. The lowest BCUT2D eigenvalue weighted by Crippen LogP contribution is -2.16. The van der Waals surface area contributed by atoms with Crippen LogP contribution in [0.4, 0.5) is 0 Å². The van der Waals surface area contributed by atoms with Crippen LogP contribution in [-0.2, 0) is 6.54 Å². The van der Waals surface area contributed by atoms with E-state index in [2.05, 4.69) is 11.9 Å². The molecular formula is C25H21N3O2S2. The van der Waals surface area contributed by atoms with Gasteiger partial charge in [-0.3, -0.25) is 4.79 Å². The van der Waals surface area contributed by atoms with E-state index in [1.54, 1.807) is 11.3 Å². The van der Waals surface area contributed by atoms with E-state index in [1.165, 1.54) is 11.3 Å². The summed E-state index contributed by atoms with van der Waals surface area (Å²) in [6.07, 6.45) is 0. The molecule has 5 rings (SSSR count). The maximum atomic E-state index is 13.5. The topological polar surface area (TPSA) is 56.5 Å². The normalized spacial score (nSPS) is 12.0. The number of benzene rings is 2. The van der Waals surface area contributed by atoms with E-state index in [0.29, 0.717) is 23.5 Å². The lowest BCUT2D eigenvalue weighted by molar-refractivity contribution is 0.0999. The zero-order valence-corrected chi connectivity index (χ0v) is 19.4. The van der Waals surface area contributed by atoms with Crippen molar-refractivity contribution in [2.75, 3.05) is 6.61 Å². The number of thiazole rings is 1. The van der Waals surface area contributed by atoms with Crippen LogP contribution in [0.1, 0.15) is 24.2 Å². The monoisotopic (exact) mass is 459 g/mol. The number of aryl methyl sites for hydroxylation is 1. The van der Waals surface area contributed by atoms with Crippen LogP contribution >= 0.6 is 22.7 Å². The van der Waals surface area contributed by atoms with Crippen molar-refractivity contribution in [2.24, 2.45) is 4.99 Å². The molecule has 5 nitrogen and oxygen atoms in total. The number of carbonyl (C=O) groups excluding carboxylic acids is 1. The van der Waals surface area contributed by atoms with Gasteiger partial charge in [-0.1, -0.05) is 41.7 Å². The average molecular weight is 460 g/mol. The van der Waals surface area contributed by atoms with Gasteiger partial charge in [0.05, 0.1) is 33.0 Å². The van der Waals surface area contributed by atoms with Crippen LogP contribution in [0.2, 0.25) is 0 Å². The molecule has 3 aromatic heterocycles. The molecule has 0 N–H and O–H groups in total. The van der Waals surface area contributed by atoms with Gasteiger partial charge in [0.1, 0.15) is 11.3 Å². The van der Waals surface area contributed by atoms with Crippen LogP contribution in [0.25, 0.3) is 31.7 Å². The van der Waals surface area contributed by atoms with Gasteiger partial charge in [0.25, 0.3) is 5.91 Å². The van der Waals surface area contributed by atoms with Crippen molar-refractivity contribution in [3.05, 3.63) is 76.4 Å². The molecule has 0 saturated carbocycles. The first-order valence-electron chi connectivity index (χ1n) is 10.5. The molecule has 0 aliphatic rings. The van der Waals surface area contributed by atoms with Gasteiger partial charge in [0, 0.05) is 11.9 Å². The Morgan fingerprint density at radius 3 is 2.75 bits per heavy atom. The maximum absolute atomic E-state index is 13.5. The maximum Gasteiger partial charge on any atom is 0.280 e. The van der Waals surface area contributed by atoms with E-state index >= 15 is 0 Å². The third-order valence-corrected chi connectivity index (χ3v) is 7.13. The molecule has 0 atom stereocenters. The molecular weight excluding hydrogens is 438 g/mol. The molecule has 0 radical (unpaired) electrons. The second-order valence-corrected chi connectivity index (χ2v) is 9.09. The molecule has 5 aromatic rings. The predicted molar refractivity (Wildman–Crippen MR) is 132 cm³/mol. The molecule has 32 heavy (non-hydrogen) atoms. The Kier molecular flexibility index (Phi) is 5.59. The average Bonchev–Trinajstić information content (AvgIpc) is 3.47. The van der Waals surface area contributed by atoms with E-state index in [9.17, 15) is 4.79 Å². The Balaban J connectivity index is 1.70. The van der Waals surface area contributed by atoms with Crippen molar-refractivity contribution >= 4 is 49.7 Å². The first kappa shape index (κ1) is 20.6. The van der Waals surface area contributed by atoms with Crippen molar-refractivity contribution in [1.82, 2.24) is 9.55 Å². The minimum absolute atomic E-state index is 0.270. The molecule has 160 valence electrons. The molecule has 3 heterocycles. The summed E-state index contributed by atoms with van der Waals surface area (Å²) in [7, 11) is 0. The van der Waals surface area contributed by atoms with Crippen molar-refractivity contribution < 1.29 is 9.53 Å². The first-order chi connectivity index (χ1) is 15.7. The van der Waals surface area contributed by atoms with Gasteiger partial charge in [0.2, 0.25) is 0 Å². The van der Waals surface area contributed by atoms with Gasteiger partial charge >= 0.3 is 0 Å². The molecule has 7 heteroatoms. The molecule has 0 aliphatic heterocycles. The molecule has 0 spiro atoms. The van der Waals surface area contributed by atoms with Gasteiger partial charge in [-0.15, -0.1) is 11.3 Å². The highest BCUT2D eigenvalue weighted by atomic mass is 32.1. The zero-order chi connectivity index (χ0) is 22.1. The van der Waals surface area contributed by atoms with Gasteiger partial charge in [-0.2, -0.15) is 4.99 Å². The molecule has 1 amide bonds. The van der Waals surface area contributed by atoms with Crippen molar-refractivity contribution in [1.29, 1.82) is 0 Å². The number of carbonyl (C=O) groups is 1. The number of hydrogen-bond donors (Lipinski definition) is 0. The van der Waals surface area contributed by atoms with E-state index in [0.717, 1.165) is 37.4 Å². The van der Waals surface area contributed by atoms with Crippen molar-refractivity contribution in [2.45, 2.75) is 20.4 Å². The minimum atomic E-state index is -0.270. The summed E-state index contributed by atoms with van der Waals surface area (Å²) in [6.45, 7) is 5.29. The summed E-state index contributed by atoms with van der Waals surface area (Å²) in [5.41, 5.74) is 3.11. The molecule has 0 unspecified atom stereocenters. The third-order valence-electron chi connectivity index (χ3n) is 5.20. The number of fused-ring (bicyclic) bond motifs is 2. The van der Waals surface area contributed by atoms with E-state index in [4.69, 9.17) is 9.72 Å². The van der Waals surface area contributed by atoms with Gasteiger partial charge in [0.15, 0.2) is 4.80 Å². The highest BCUT2D eigenvalue weighted by Gasteiger charge is 2.16. The highest BCUT2D eigenvalue weighted by molar-refractivity contribution is 7.16. The second kappa shape index (κ2) is 8.68. The van der Waals surface area contributed by atoms with Crippen LogP contribution in [-0.4, -0.2) is 22.1 Å². The lowest BCUT2D eigenvalue weighted by atomic mass is 10.1. The molecule has 0 bridgehead atoms. The van der Waals surface area contributed by atoms with Crippen LogP contribution in [0.3, 0.4) is 0 Å². The van der Waals surface area contributed by atoms with Crippen molar-refractivity contribution in [3.63, 3.8) is 0 Å². The fourth-order valence-corrected chi connectivity index (χ4v) is 5.59. The summed E-state index contributed by atoms with van der Waals surface area (Å²) in [6, 6.07) is 19.5. The zero-order valence-electron chi connectivity index (χ0n) is 17.7. The van der Waals surface area contributed by atoms with Gasteiger partial charge in [-0.05, 0) is 49.6 Å². The Labute approximate surface area is 193 Å². The van der Waals surface area contributed by atoms with Crippen LogP contribution in [0, 0.1) is 0 Å². The minimum Gasteiger partial charge on any atom is -0.492 e. The quantitative estimate of drug-likeness (QED) is 0.317. The number of rotatable bonds is 5. The number of aromatic nitrogens is 2. The first-order valence-corrected chi connectivity index (χ1v) is 12.2. The van der Waals surface area contributed by atoms with E-state index in [-0.39, 0.29) is 5.91 Å². The van der Waals surface area contributed by atoms with Crippen LogP contribution < -0.4 is 9.54 Å². The van der Waals surface area contributed by atoms with Crippen LogP contribution in [0.5, 0.6) is 5.75 Å². The Hall–Kier alpha value is -3.29. The van der Waals surface area contributed by atoms with Gasteiger partial charge in [-0.25, -0.2) is 4.98 Å². The van der Waals surface area contributed by atoms with Gasteiger partial charge < -0.3 is 9.30 Å². The molecule has 0 saturated heterocycles. The lowest BCUT2D eigenvalue weighted by Gasteiger charge is -2.08. The smallest absolute Gasteiger partial charge is 0.280 e. The molecule has 2 aromatic carbocycles. The van der Waals surface area contributed by atoms with Crippen LogP contribution in [0.15, 0.2) is 71.0 Å². The Morgan fingerprint density at radius 1 is 1.09 bits per heavy atom. The second-order valence-electron chi connectivity index (χ2n) is 7.13. The van der Waals surface area contributed by atoms with E-state index in [1.807, 2.05) is 77.5 Å². The largest absolute Gasteiger partial charge is 0.492 e. The molecule has 0 aliphatic carbocycles. The highest BCUT2D eigenvalue weighted by Crippen LogP contribution is 2.29. The SMILES string of the molecule is CCOc1cccc2sc(=NC(=O)c3cc(-c4cccs4)nc4ccccc34)n(CC)c12. The van der Waals surface area contributed by atoms with Crippen molar-refractivity contribution in [3.8, 4) is 16.3 Å². The summed E-state index contributed by atoms with van der Waals surface area (Å²) < 4.78 is 8.92. The predicted octanol–water partition coefficient (Wildman–Crippen LogP) is 6.14. The van der Waals surface area contributed by atoms with E-state index < -0.39 is 0 Å². The fourth-order valence-electron chi connectivity index (χ4n) is 3.80. The number of amides is 1. The standard InChI is InChI=1S/C25H21N3O2S2/c1-3-28-23-20(30-4-2)11-7-12-22(23)32-25(28)27-24(29)17-15-19(21-13-8-14-31-21)26-18-10-6-5-9-16(17)18/h5-15H,3-4H2,1-2H3. The number of para-hydroxylation sites is 2. The number of nitrogens with zero attached hydrogens (tertiary/aromatic N) is 3. The summed E-state index contributed by atoms with van der Waals surface area (Å²) >= 11 is 3.10. The summed E-state index contributed by atoms with van der Waals surface area (Å²) in [5, 5.41) is 2.82. The number of pyridine rings is 1. The summed E-state index contributed by atoms with van der Waals surface area (Å²) in [5.74, 6) is 0.541. The fraction of sp³-hybridized carbons (Fsp3) is 0.160. The number of thiophene rings is 1. The Bertz CT molecular complexity index is 1500. The third kappa shape index (κ3) is 3.63. The molecule has 0 fully saturated rings. The number of ether oxygens (including phenoxy) is 1.